The maximum absolute atomic E-state index is 13.4. The summed E-state index contributed by atoms with van der Waals surface area (Å²) in [5, 5.41) is 0.871. The molecule has 0 spiro atoms. The smallest absolute Gasteiger partial charge is 0.245 e. The van der Waals surface area contributed by atoms with Crippen molar-refractivity contribution in [3.63, 3.8) is 0 Å². The molecule has 0 bridgehead atoms. The standard InChI is InChI=1S/C24H27N3O2S/c1-18-16-20-7-4-10-23(24(20)25-17-18)30(28,29)26-14-11-21(12-15-26)27-13-5-8-19-6-2-3-9-22(19)27/h2-4,6-7,9-10,16-17,21H,5,8,11-15H2,1H3. The van der Waals surface area contributed by atoms with Gasteiger partial charge in [0.2, 0.25) is 10.0 Å². The molecule has 1 fully saturated rings. The summed E-state index contributed by atoms with van der Waals surface area (Å²) in [6, 6.07) is 16.4. The Labute approximate surface area is 178 Å². The van der Waals surface area contributed by atoms with Gasteiger partial charge in [-0.3, -0.25) is 4.98 Å². The number of fused-ring (bicyclic) bond motifs is 2. The first-order valence-corrected chi connectivity index (χ1v) is 12.2. The SMILES string of the molecule is Cc1cnc2c(S(=O)(=O)N3CCC(N4CCCc5ccccc54)CC3)cccc2c1. The lowest BCUT2D eigenvalue weighted by Crippen LogP contribution is -2.48. The lowest BCUT2D eigenvalue weighted by atomic mass is 9.96. The molecule has 5 rings (SSSR count). The summed E-state index contributed by atoms with van der Waals surface area (Å²) in [5.74, 6) is 0. The Morgan fingerprint density at radius 1 is 1.00 bits per heavy atom. The highest BCUT2D eigenvalue weighted by molar-refractivity contribution is 7.89. The van der Waals surface area contributed by atoms with Gasteiger partial charge in [0.15, 0.2) is 0 Å². The molecule has 5 nitrogen and oxygen atoms in total. The van der Waals surface area contributed by atoms with Gasteiger partial charge in [0, 0.05) is 42.9 Å². The zero-order valence-corrected chi connectivity index (χ0v) is 18.1. The number of anilines is 1. The Morgan fingerprint density at radius 3 is 2.63 bits per heavy atom. The number of para-hydroxylation sites is 2. The molecule has 2 aliphatic rings. The molecule has 1 saturated heterocycles. The predicted molar refractivity (Wildman–Crippen MR) is 120 cm³/mol. The Hall–Kier alpha value is -2.44. The number of rotatable bonds is 3. The first-order chi connectivity index (χ1) is 14.5. The van der Waals surface area contributed by atoms with Gasteiger partial charge in [-0.1, -0.05) is 30.3 Å². The molecule has 6 heteroatoms. The summed E-state index contributed by atoms with van der Waals surface area (Å²) in [5.41, 5.74) is 4.34. The van der Waals surface area contributed by atoms with Crippen molar-refractivity contribution in [1.29, 1.82) is 0 Å². The zero-order chi connectivity index (χ0) is 20.7. The number of sulfonamides is 1. The molecule has 3 heterocycles. The van der Waals surface area contributed by atoms with Gasteiger partial charge in [0.1, 0.15) is 4.90 Å². The fourth-order valence-corrected chi connectivity index (χ4v) is 6.56. The lowest BCUT2D eigenvalue weighted by Gasteiger charge is -2.42. The number of piperidine rings is 1. The highest BCUT2D eigenvalue weighted by Gasteiger charge is 2.34. The molecule has 2 aliphatic heterocycles. The van der Waals surface area contributed by atoms with Crippen molar-refractivity contribution in [2.24, 2.45) is 0 Å². The summed E-state index contributed by atoms with van der Waals surface area (Å²) < 4.78 is 28.5. The number of aromatic nitrogens is 1. The van der Waals surface area contributed by atoms with Gasteiger partial charge >= 0.3 is 0 Å². The summed E-state index contributed by atoms with van der Waals surface area (Å²) in [4.78, 5) is 7.27. The minimum atomic E-state index is -3.56. The molecule has 3 aromatic rings. The maximum Gasteiger partial charge on any atom is 0.245 e. The van der Waals surface area contributed by atoms with Crippen molar-refractivity contribution in [2.75, 3.05) is 24.5 Å². The van der Waals surface area contributed by atoms with Crippen LogP contribution in [0.2, 0.25) is 0 Å². The molecular weight excluding hydrogens is 394 g/mol. The summed E-state index contributed by atoms with van der Waals surface area (Å²) in [6.07, 6.45) is 5.74. The fourth-order valence-electron chi connectivity index (χ4n) is 4.93. The van der Waals surface area contributed by atoms with Gasteiger partial charge in [-0.2, -0.15) is 4.31 Å². The van der Waals surface area contributed by atoms with Crippen LogP contribution >= 0.6 is 0 Å². The molecule has 0 unspecified atom stereocenters. The van der Waals surface area contributed by atoms with Crippen LogP contribution in [0.15, 0.2) is 59.6 Å². The minimum absolute atomic E-state index is 0.321. The van der Waals surface area contributed by atoms with Gasteiger partial charge in [0.25, 0.3) is 0 Å². The topological polar surface area (TPSA) is 53.5 Å². The summed E-state index contributed by atoms with van der Waals surface area (Å²) >= 11 is 0. The van der Waals surface area contributed by atoms with Crippen LogP contribution in [0.25, 0.3) is 10.9 Å². The molecule has 2 aromatic carbocycles. The van der Waals surface area contributed by atoms with Gasteiger partial charge in [-0.15, -0.1) is 0 Å². The van der Waals surface area contributed by atoms with E-state index in [2.05, 4.69) is 34.1 Å². The second kappa shape index (κ2) is 7.67. The number of aryl methyl sites for hydroxylation is 2. The molecule has 0 amide bonds. The Morgan fingerprint density at radius 2 is 1.80 bits per heavy atom. The normalized spacial score (nSPS) is 18.5. The second-order valence-corrected chi connectivity index (χ2v) is 10.3. The minimum Gasteiger partial charge on any atom is -0.368 e. The number of nitrogens with zero attached hydrogens (tertiary/aromatic N) is 3. The Balaban J connectivity index is 1.37. The van der Waals surface area contributed by atoms with Crippen molar-refractivity contribution in [3.8, 4) is 0 Å². The van der Waals surface area contributed by atoms with E-state index in [-0.39, 0.29) is 0 Å². The zero-order valence-electron chi connectivity index (χ0n) is 17.3. The highest BCUT2D eigenvalue weighted by atomic mass is 32.2. The average Bonchev–Trinajstić information content (AvgIpc) is 2.78. The lowest BCUT2D eigenvalue weighted by molar-refractivity contribution is 0.308. The number of pyridine rings is 1. The predicted octanol–water partition coefficient (Wildman–Crippen LogP) is 4.15. The van der Waals surface area contributed by atoms with Gasteiger partial charge < -0.3 is 4.90 Å². The third kappa shape index (κ3) is 3.38. The van der Waals surface area contributed by atoms with Crippen molar-refractivity contribution < 1.29 is 8.42 Å². The third-order valence-corrected chi connectivity index (χ3v) is 8.37. The van der Waals surface area contributed by atoms with Gasteiger partial charge in [-0.25, -0.2) is 8.42 Å². The van der Waals surface area contributed by atoms with Gasteiger partial charge in [-0.05, 0) is 61.9 Å². The molecule has 30 heavy (non-hydrogen) atoms. The van der Waals surface area contributed by atoms with E-state index in [0.717, 1.165) is 43.2 Å². The van der Waals surface area contributed by atoms with Crippen molar-refractivity contribution in [2.45, 2.75) is 43.5 Å². The largest absolute Gasteiger partial charge is 0.368 e. The van der Waals surface area contributed by atoms with Crippen molar-refractivity contribution >= 4 is 26.6 Å². The van der Waals surface area contributed by atoms with E-state index in [4.69, 9.17) is 0 Å². The maximum atomic E-state index is 13.4. The monoisotopic (exact) mass is 421 g/mol. The number of hydrogen-bond acceptors (Lipinski definition) is 4. The number of benzene rings is 2. The highest BCUT2D eigenvalue weighted by Crippen LogP contribution is 2.33. The van der Waals surface area contributed by atoms with E-state index in [1.54, 1.807) is 16.6 Å². The van der Waals surface area contributed by atoms with Crippen molar-refractivity contribution in [1.82, 2.24) is 9.29 Å². The van der Waals surface area contributed by atoms with E-state index in [9.17, 15) is 8.42 Å². The van der Waals surface area contributed by atoms with Crippen LogP contribution in [0.4, 0.5) is 5.69 Å². The van der Waals surface area contributed by atoms with E-state index in [1.165, 1.54) is 11.3 Å². The average molecular weight is 422 g/mol. The summed E-state index contributed by atoms with van der Waals surface area (Å²) in [7, 11) is -3.56. The molecule has 0 radical (unpaired) electrons. The third-order valence-electron chi connectivity index (χ3n) is 6.44. The van der Waals surface area contributed by atoms with Crippen LogP contribution in [0, 0.1) is 6.92 Å². The number of hydrogen-bond donors (Lipinski definition) is 0. The van der Waals surface area contributed by atoms with Crippen LogP contribution in [-0.4, -0.2) is 43.4 Å². The van der Waals surface area contributed by atoms with E-state index in [1.807, 2.05) is 25.1 Å². The molecule has 156 valence electrons. The molecular formula is C24H27N3O2S. The second-order valence-electron chi connectivity index (χ2n) is 8.40. The fraction of sp³-hybridized carbons (Fsp3) is 0.375. The first kappa shape index (κ1) is 19.5. The van der Waals surface area contributed by atoms with Crippen LogP contribution in [-0.2, 0) is 16.4 Å². The van der Waals surface area contributed by atoms with Crippen LogP contribution in [0.1, 0.15) is 30.4 Å². The van der Waals surface area contributed by atoms with Gasteiger partial charge in [0.05, 0.1) is 5.52 Å². The molecule has 0 saturated carbocycles. The van der Waals surface area contributed by atoms with Crippen LogP contribution in [0.5, 0.6) is 0 Å². The van der Waals surface area contributed by atoms with Crippen LogP contribution in [0.3, 0.4) is 0 Å². The Kier molecular flexibility index (Phi) is 4.99. The van der Waals surface area contributed by atoms with E-state index in [0.29, 0.717) is 29.5 Å². The summed E-state index contributed by atoms with van der Waals surface area (Å²) in [6.45, 7) is 4.12. The van der Waals surface area contributed by atoms with Crippen molar-refractivity contribution in [3.05, 3.63) is 65.9 Å². The quantitative estimate of drug-likeness (QED) is 0.638. The Bertz CT molecular complexity index is 1180. The van der Waals surface area contributed by atoms with E-state index >= 15 is 0 Å². The molecule has 0 N–H and O–H groups in total. The molecule has 0 atom stereocenters. The van der Waals surface area contributed by atoms with Crippen LogP contribution < -0.4 is 4.90 Å². The molecule has 1 aromatic heterocycles. The first-order valence-electron chi connectivity index (χ1n) is 10.7. The molecule has 0 aliphatic carbocycles. The van der Waals surface area contributed by atoms with E-state index < -0.39 is 10.0 Å².